The maximum atomic E-state index is 13.7. The minimum atomic E-state index is -1.76. The number of hydrogen-bond donors (Lipinski definition) is 5. The summed E-state index contributed by atoms with van der Waals surface area (Å²) in [5.74, 6) is -0.851. The summed E-state index contributed by atoms with van der Waals surface area (Å²) in [6.07, 6.45) is 7.00. The van der Waals surface area contributed by atoms with Crippen molar-refractivity contribution in [3.05, 3.63) is 11.6 Å². The fourth-order valence-corrected chi connectivity index (χ4v) is 15.1. The van der Waals surface area contributed by atoms with Crippen molar-refractivity contribution in [2.45, 2.75) is 162 Å². The Labute approximate surface area is 310 Å². The summed E-state index contributed by atoms with van der Waals surface area (Å²) < 4.78 is 17.8. The molecule has 7 aliphatic rings. The van der Waals surface area contributed by atoms with Crippen molar-refractivity contribution in [2.75, 3.05) is 13.7 Å². The number of carbonyl (C=O) groups is 2. The number of hydrogen-bond acceptors (Lipinski definition) is 8. The Morgan fingerprint density at radius 1 is 0.846 bits per heavy atom. The smallest absolute Gasteiger partial charge is 0.335 e. The van der Waals surface area contributed by atoms with Crippen LogP contribution in [0.15, 0.2) is 11.6 Å². The number of ether oxygens (including phenoxy) is 3. The fraction of sp³-hybridized carbons (Fsp3) is 0.905. The van der Waals surface area contributed by atoms with Gasteiger partial charge in [0.1, 0.15) is 18.3 Å². The maximum absolute atomic E-state index is 13.7. The molecule has 0 aromatic rings. The first-order valence-electron chi connectivity index (χ1n) is 20.3. The molecule has 0 bridgehead atoms. The number of rotatable bonds is 7. The van der Waals surface area contributed by atoms with Gasteiger partial charge < -0.3 is 39.7 Å². The van der Waals surface area contributed by atoms with Crippen molar-refractivity contribution >= 4 is 11.9 Å². The molecule has 0 aromatic heterocycles. The van der Waals surface area contributed by atoms with Crippen molar-refractivity contribution in [3.8, 4) is 0 Å². The molecule has 0 spiro atoms. The Bertz CT molecular complexity index is 1440. The van der Waals surface area contributed by atoms with Gasteiger partial charge >= 0.3 is 11.9 Å². The highest BCUT2D eigenvalue weighted by Crippen LogP contribution is 2.79. The minimum absolute atomic E-state index is 0.00174. The molecule has 6 fully saturated rings. The molecule has 1 heterocycles. The Balaban J connectivity index is 1.25. The number of aliphatic hydroxyl groups excluding tert-OH is 3. The van der Waals surface area contributed by atoms with E-state index in [0.29, 0.717) is 31.3 Å². The van der Waals surface area contributed by atoms with E-state index in [1.54, 1.807) is 7.11 Å². The van der Waals surface area contributed by atoms with E-state index in [0.717, 1.165) is 44.9 Å². The predicted octanol–water partition coefficient (Wildman–Crippen LogP) is 6.19. The summed E-state index contributed by atoms with van der Waals surface area (Å²) in [4.78, 5) is 25.5. The standard InChI is InChI=1S/C42H66O10/c1-37(2)20-24(22-50-7)41(36(48)49)18-19-42(23-10-8-9-11-23)25(26(41)21-37)12-13-28-39(5)16-15-29(38(3,4)27(39)14-17-40(28,42)6)51-35-32(45)30(43)31(44)33(52-35)34(46)47/h12,23-24,26-33,35,43-45H,8-11,13-22H2,1-7H3,(H,46,47)(H,48,49). The number of allylic oxidation sites excluding steroid dienone is 2. The highest BCUT2D eigenvalue weighted by atomic mass is 16.7. The van der Waals surface area contributed by atoms with Gasteiger partial charge in [-0.25, -0.2) is 4.79 Å². The zero-order chi connectivity index (χ0) is 37.8. The zero-order valence-corrected chi connectivity index (χ0v) is 32.6. The summed E-state index contributed by atoms with van der Waals surface area (Å²) >= 11 is 0. The van der Waals surface area contributed by atoms with Gasteiger partial charge in [-0.2, -0.15) is 0 Å². The lowest BCUT2D eigenvalue weighted by molar-refractivity contribution is -0.324. The van der Waals surface area contributed by atoms with Gasteiger partial charge in [-0.1, -0.05) is 66.0 Å². The average molecular weight is 731 g/mol. The van der Waals surface area contributed by atoms with Gasteiger partial charge in [-0.3, -0.25) is 4.79 Å². The molecule has 10 nitrogen and oxygen atoms in total. The molecule has 14 atom stereocenters. The Hall–Kier alpha value is -1.56. The van der Waals surface area contributed by atoms with Crippen LogP contribution in [0.2, 0.25) is 0 Å². The van der Waals surface area contributed by atoms with Crippen molar-refractivity contribution in [1.29, 1.82) is 0 Å². The molecule has 0 amide bonds. The molecule has 5 N–H and O–H groups in total. The predicted molar refractivity (Wildman–Crippen MR) is 193 cm³/mol. The summed E-state index contributed by atoms with van der Waals surface area (Å²) in [6, 6.07) is 0. The second-order valence-electron chi connectivity index (χ2n) is 20.3. The van der Waals surface area contributed by atoms with Gasteiger partial charge in [0.25, 0.3) is 0 Å². The Morgan fingerprint density at radius 2 is 1.54 bits per heavy atom. The first kappa shape index (κ1) is 38.7. The second-order valence-corrected chi connectivity index (χ2v) is 20.3. The molecule has 0 radical (unpaired) electrons. The van der Waals surface area contributed by atoms with Crippen molar-refractivity contribution < 1.29 is 49.3 Å². The van der Waals surface area contributed by atoms with E-state index >= 15 is 0 Å². The number of fused-ring (bicyclic) bond motifs is 7. The first-order chi connectivity index (χ1) is 24.3. The molecular formula is C42H66O10. The van der Waals surface area contributed by atoms with Crippen LogP contribution in [0.1, 0.15) is 125 Å². The summed E-state index contributed by atoms with van der Waals surface area (Å²) in [6.45, 7) is 14.7. The van der Waals surface area contributed by atoms with Gasteiger partial charge in [0, 0.05) is 12.5 Å². The van der Waals surface area contributed by atoms with E-state index in [1.165, 1.54) is 31.3 Å². The molecule has 1 aliphatic heterocycles. The zero-order valence-electron chi connectivity index (χ0n) is 32.6. The second kappa shape index (κ2) is 13.0. The number of methoxy groups -OCH3 is 1. The van der Waals surface area contributed by atoms with E-state index in [1.807, 2.05) is 0 Å². The molecule has 52 heavy (non-hydrogen) atoms. The van der Waals surface area contributed by atoms with Crippen LogP contribution in [0.4, 0.5) is 0 Å². The molecule has 6 aliphatic carbocycles. The number of aliphatic hydroxyl groups is 3. The quantitative estimate of drug-likeness (QED) is 0.151. The van der Waals surface area contributed by atoms with Crippen LogP contribution in [0.25, 0.3) is 0 Å². The molecule has 0 aromatic carbocycles. The lowest BCUT2D eigenvalue weighted by atomic mass is 9.31. The lowest BCUT2D eigenvalue weighted by Crippen LogP contribution is -2.68. The van der Waals surface area contributed by atoms with Crippen LogP contribution >= 0.6 is 0 Å². The largest absolute Gasteiger partial charge is 0.481 e. The number of carboxylic acids is 2. The van der Waals surface area contributed by atoms with E-state index in [4.69, 9.17) is 14.2 Å². The first-order valence-corrected chi connectivity index (χ1v) is 20.3. The third-order valence-corrected chi connectivity index (χ3v) is 17.2. The molecule has 5 saturated carbocycles. The van der Waals surface area contributed by atoms with E-state index in [2.05, 4.69) is 47.6 Å². The molecule has 10 heteroatoms. The highest BCUT2D eigenvalue weighted by molar-refractivity contribution is 5.77. The summed E-state index contributed by atoms with van der Waals surface area (Å²) in [7, 11) is 1.72. The van der Waals surface area contributed by atoms with Gasteiger partial charge in [-0.05, 0) is 122 Å². The molecular weight excluding hydrogens is 664 g/mol. The van der Waals surface area contributed by atoms with Crippen LogP contribution in [-0.4, -0.2) is 88.0 Å². The summed E-state index contributed by atoms with van der Waals surface area (Å²) in [5, 5.41) is 52.5. The minimum Gasteiger partial charge on any atom is -0.481 e. The van der Waals surface area contributed by atoms with Crippen LogP contribution < -0.4 is 0 Å². The number of aliphatic carboxylic acids is 2. The Morgan fingerprint density at radius 3 is 2.17 bits per heavy atom. The van der Waals surface area contributed by atoms with Crippen molar-refractivity contribution in [1.82, 2.24) is 0 Å². The Kier molecular flexibility index (Phi) is 9.68. The topological polar surface area (TPSA) is 163 Å². The van der Waals surface area contributed by atoms with Gasteiger partial charge in [0.2, 0.25) is 0 Å². The van der Waals surface area contributed by atoms with E-state index in [9.17, 15) is 35.1 Å². The van der Waals surface area contributed by atoms with E-state index in [-0.39, 0.29) is 50.9 Å². The van der Waals surface area contributed by atoms with Crippen molar-refractivity contribution in [2.24, 2.45) is 62.1 Å². The third kappa shape index (κ3) is 5.30. The normalized spacial score (nSPS) is 49.8. The highest BCUT2D eigenvalue weighted by Gasteiger charge is 2.73. The molecule has 294 valence electrons. The molecule has 7 rings (SSSR count). The van der Waals surface area contributed by atoms with Crippen LogP contribution in [0.5, 0.6) is 0 Å². The van der Waals surface area contributed by atoms with Crippen LogP contribution in [-0.2, 0) is 23.8 Å². The van der Waals surface area contributed by atoms with Gasteiger partial charge in [-0.15, -0.1) is 0 Å². The molecule has 1 saturated heterocycles. The SMILES string of the molecule is COCC1CC(C)(C)CC2C3=CCC4C5(C)CCC(OC6OC(C(=O)O)C(O)C(O)C6O)C(C)(C)C5CCC4(C)C3(C3CCCC3)CCC12C(=O)O. The lowest BCUT2D eigenvalue weighted by Gasteiger charge is -2.73. The van der Waals surface area contributed by atoms with Crippen molar-refractivity contribution in [3.63, 3.8) is 0 Å². The average Bonchev–Trinajstić information content (AvgIpc) is 3.61. The third-order valence-electron chi connectivity index (χ3n) is 17.2. The van der Waals surface area contributed by atoms with E-state index < -0.39 is 48.1 Å². The van der Waals surface area contributed by atoms with Crippen LogP contribution in [0.3, 0.4) is 0 Å². The fourth-order valence-electron chi connectivity index (χ4n) is 15.1. The van der Waals surface area contributed by atoms with Gasteiger partial charge in [0.05, 0.1) is 18.1 Å². The van der Waals surface area contributed by atoms with Gasteiger partial charge in [0.15, 0.2) is 12.4 Å². The number of carboxylic acid groups (broad SMARTS) is 2. The molecule has 14 unspecified atom stereocenters. The maximum Gasteiger partial charge on any atom is 0.335 e. The summed E-state index contributed by atoms with van der Waals surface area (Å²) in [5.41, 5.74) is 0.267. The monoisotopic (exact) mass is 730 g/mol. The van der Waals surface area contributed by atoms with Crippen LogP contribution in [0, 0.1) is 62.1 Å².